The van der Waals surface area contributed by atoms with Crippen LogP contribution in [0.15, 0.2) is 17.2 Å². The second kappa shape index (κ2) is 7.11. The average Bonchev–Trinajstić information content (AvgIpc) is 2.96. The number of rotatable bonds is 5. The van der Waals surface area contributed by atoms with Crippen LogP contribution in [0.3, 0.4) is 0 Å². The number of aliphatic hydroxyl groups is 1. The lowest BCUT2D eigenvalue weighted by Crippen LogP contribution is -2.40. The monoisotopic (exact) mass is 335 g/mol. The molecule has 1 saturated heterocycles. The Morgan fingerprint density at radius 3 is 2.83 bits per heavy atom. The Morgan fingerprint density at radius 1 is 1.39 bits per heavy atom. The third kappa shape index (κ3) is 3.82. The third-order valence-corrected chi connectivity index (χ3v) is 5.86. The summed E-state index contributed by atoms with van der Waals surface area (Å²) in [6.07, 6.45) is 4.33. The molecule has 0 unspecified atom stereocenters. The normalized spacial score (nSPS) is 18.6. The van der Waals surface area contributed by atoms with Crippen molar-refractivity contribution in [2.45, 2.75) is 45.8 Å². The summed E-state index contributed by atoms with van der Waals surface area (Å²) in [6.45, 7) is 7.36. The van der Waals surface area contributed by atoms with Crippen LogP contribution in [0.5, 0.6) is 0 Å². The molecule has 1 N–H and O–H groups in total. The van der Waals surface area contributed by atoms with E-state index in [1.807, 2.05) is 6.07 Å². The van der Waals surface area contributed by atoms with Gasteiger partial charge in [-0.2, -0.15) is 0 Å². The SMILES string of the molecule is CCc1cc2c(=O)n(C[C@@H](O)CN3CCC(C)CC3)cnc2s1. The number of fused-ring (bicyclic) bond motifs is 1. The molecule has 1 fully saturated rings. The highest BCUT2D eigenvalue weighted by Crippen LogP contribution is 2.21. The van der Waals surface area contributed by atoms with Gasteiger partial charge in [0.05, 0.1) is 24.4 Å². The van der Waals surface area contributed by atoms with Crippen molar-refractivity contribution in [2.24, 2.45) is 5.92 Å². The summed E-state index contributed by atoms with van der Waals surface area (Å²) in [5.41, 5.74) is -0.0442. The van der Waals surface area contributed by atoms with Gasteiger partial charge in [-0.05, 0) is 44.3 Å². The van der Waals surface area contributed by atoms with E-state index >= 15 is 0 Å². The van der Waals surface area contributed by atoms with E-state index < -0.39 is 6.10 Å². The first kappa shape index (κ1) is 16.6. The minimum Gasteiger partial charge on any atom is -0.390 e. The number of aryl methyl sites for hydroxylation is 1. The fraction of sp³-hybridized carbons (Fsp3) is 0.647. The Hall–Kier alpha value is -1.24. The minimum atomic E-state index is -0.537. The Balaban J connectivity index is 1.68. The maximum atomic E-state index is 12.5. The van der Waals surface area contributed by atoms with E-state index in [2.05, 4.69) is 23.7 Å². The number of aliphatic hydroxyl groups excluding tert-OH is 1. The van der Waals surface area contributed by atoms with Gasteiger partial charge in [-0.25, -0.2) is 4.98 Å². The second-order valence-electron chi connectivity index (χ2n) is 6.62. The Labute approximate surface area is 140 Å². The topological polar surface area (TPSA) is 58.4 Å². The first-order valence-electron chi connectivity index (χ1n) is 8.45. The van der Waals surface area contributed by atoms with Crippen LogP contribution in [0.4, 0.5) is 0 Å². The number of likely N-dealkylation sites (tertiary alicyclic amines) is 1. The largest absolute Gasteiger partial charge is 0.390 e. The molecule has 126 valence electrons. The van der Waals surface area contributed by atoms with Gasteiger partial charge in [0, 0.05) is 11.4 Å². The molecule has 0 aliphatic carbocycles. The van der Waals surface area contributed by atoms with Crippen molar-refractivity contribution in [3.8, 4) is 0 Å². The fourth-order valence-electron chi connectivity index (χ4n) is 3.14. The molecular formula is C17H25N3O2S. The van der Waals surface area contributed by atoms with E-state index in [0.717, 1.165) is 30.3 Å². The summed E-state index contributed by atoms with van der Waals surface area (Å²) in [7, 11) is 0. The van der Waals surface area contributed by atoms with Crippen LogP contribution in [0.2, 0.25) is 0 Å². The van der Waals surface area contributed by atoms with Crippen LogP contribution in [-0.4, -0.2) is 45.3 Å². The maximum Gasteiger partial charge on any atom is 0.262 e. The predicted molar refractivity (Wildman–Crippen MR) is 94.1 cm³/mol. The average molecular weight is 335 g/mol. The van der Waals surface area contributed by atoms with Gasteiger partial charge < -0.3 is 10.0 Å². The number of thiophene rings is 1. The highest BCUT2D eigenvalue weighted by atomic mass is 32.1. The van der Waals surface area contributed by atoms with Gasteiger partial charge >= 0.3 is 0 Å². The Morgan fingerprint density at radius 2 is 2.13 bits per heavy atom. The summed E-state index contributed by atoms with van der Waals surface area (Å²) in [5, 5.41) is 11.0. The molecule has 3 heterocycles. The van der Waals surface area contributed by atoms with E-state index in [9.17, 15) is 9.90 Å². The molecule has 0 amide bonds. The zero-order valence-electron chi connectivity index (χ0n) is 13.9. The number of piperidine rings is 1. The summed E-state index contributed by atoms with van der Waals surface area (Å²) < 4.78 is 1.55. The van der Waals surface area contributed by atoms with Crippen LogP contribution in [-0.2, 0) is 13.0 Å². The highest BCUT2D eigenvalue weighted by Gasteiger charge is 2.19. The van der Waals surface area contributed by atoms with Crippen molar-refractivity contribution in [3.05, 3.63) is 27.6 Å². The predicted octanol–water partition coefficient (Wildman–Crippen LogP) is 2.11. The number of hydrogen-bond acceptors (Lipinski definition) is 5. The zero-order valence-corrected chi connectivity index (χ0v) is 14.7. The summed E-state index contributed by atoms with van der Waals surface area (Å²) in [6, 6.07) is 1.93. The number of nitrogens with zero attached hydrogens (tertiary/aromatic N) is 3. The first-order chi connectivity index (χ1) is 11.1. The van der Waals surface area contributed by atoms with Crippen molar-refractivity contribution in [1.29, 1.82) is 0 Å². The van der Waals surface area contributed by atoms with E-state index in [1.54, 1.807) is 22.2 Å². The van der Waals surface area contributed by atoms with E-state index in [1.165, 1.54) is 17.7 Å². The van der Waals surface area contributed by atoms with Crippen LogP contribution in [0.25, 0.3) is 10.2 Å². The highest BCUT2D eigenvalue weighted by molar-refractivity contribution is 7.18. The molecule has 0 radical (unpaired) electrons. The second-order valence-corrected chi connectivity index (χ2v) is 7.74. The molecule has 0 spiro atoms. The fourth-order valence-corrected chi connectivity index (χ4v) is 4.07. The number of β-amino-alcohol motifs (C(OH)–C–C–N with tert-alkyl or cyclic N) is 1. The molecule has 23 heavy (non-hydrogen) atoms. The first-order valence-corrected chi connectivity index (χ1v) is 9.26. The van der Waals surface area contributed by atoms with E-state index in [4.69, 9.17) is 0 Å². The molecule has 2 aromatic rings. The lowest BCUT2D eigenvalue weighted by Gasteiger charge is -2.31. The molecule has 2 aromatic heterocycles. The van der Waals surface area contributed by atoms with Gasteiger partial charge in [-0.3, -0.25) is 9.36 Å². The molecule has 5 nitrogen and oxygen atoms in total. The minimum absolute atomic E-state index is 0.0442. The van der Waals surface area contributed by atoms with Gasteiger partial charge in [0.25, 0.3) is 5.56 Å². The van der Waals surface area contributed by atoms with E-state index in [0.29, 0.717) is 18.5 Å². The van der Waals surface area contributed by atoms with Crippen LogP contribution in [0, 0.1) is 5.92 Å². The molecule has 1 atom stereocenters. The standard InChI is InChI=1S/C17H25N3O2S/c1-3-14-8-15-16(23-14)18-11-20(17(15)22)10-13(21)9-19-6-4-12(2)5-7-19/h8,11-13,21H,3-7,9-10H2,1-2H3/t13-/m0/s1. The van der Waals surface area contributed by atoms with Crippen LogP contribution < -0.4 is 5.56 Å². The molecule has 6 heteroatoms. The molecule has 1 aliphatic heterocycles. The summed E-state index contributed by atoms with van der Waals surface area (Å²) in [5.74, 6) is 0.781. The lowest BCUT2D eigenvalue weighted by atomic mass is 9.99. The Kier molecular flexibility index (Phi) is 5.14. The van der Waals surface area contributed by atoms with Crippen LogP contribution in [0.1, 0.15) is 31.6 Å². The molecule has 0 aromatic carbocycles. The van der Waals surface area contributed by atoms with Crippen molar-refractivity contribution >= 4 is 21.6 Å². The van der Waals surface area contributed by atoms with Crippen molar-refractivity contribution in [3.63, 3.8) is 0 Å². The van der Waals surface area contributed by atoms with Gasteiger partial charge in [0.1, 0.15) is 4.83 Å². The lowest BCUT2D eigenvalue weighted by molar-refractivity contribution is 0.0794. The smallest absolute Gasteiger partial charge is 0.262 e. The van der Waals surface area contributed by atoms with Gasteiger partial charge in [-0.15, -0.1) is 11.3 Å². The third-order valence-electron chi connectivity index (χ3n) is 4.67. The van der Waals surface area contributed by atoms with Gasteiger partial charge in [0.2, 0.25) is 0 Å². The molecule has 1 aliphatic rings. The van der Waals surface area contributed by atoms with Crippen molar-refractivity contribution < 1.29 is 5.11 Å². The zero-order chi connectivity index (χ0) is 16.4. The number of aromatic nitrogens is 2. The molecule has 0 saturated carbocycles. The summed E-state index contributed by atoms with van der Waals surface area (Å²) in [4.78, 5) is 21.2. The molecule has 0 bridgehead atoms. The van der Waals surface area contributed by atoms with Gasteiger partial charge in [0.15, 0.2) is 0 Å². The molecular weight excluding hydrogens is 310 g/mol. The summed E-state index contributed by atoms with van der Waals surface area (Å²) >= 11 is 1.57. The number of hydrogen-bond donors (Lipinski definition) is 1. The van der Waals surface area contributed by atoms with Crippen molar-refractivity contribution in [1.82, 2.24) is 14.5 Å². The quantitative estimate of drug-likeness (QED) is 0.909. The van der Waals surface area contributed by atoms with E-state index in [-0.39, 0.29) is 5.56 Å². The van der Waals surface area contributed by atoms with Gasteiger partial charge in [-0.1, -0.05) is 13.8 Å². The van der Waals surface area contributed by atoms with Crippen molar-refractivity contribution in [2.75, 3.05) is 19.6 Å². The van der Waals surface area contributed by atoms with Crippen LogP contribution >= 0.6 is 11.3 Å². The maximum absolute atomic E-state index is 12.5. The Bertz CT molecular complexity index is 716. The molecule has 3 rings (SSSR count).